The fourth-order valence-electron chi connectivity index (χ4n) is 4.22. The van der Waals surface area contributed by atoms with E-state index in [9.17, 15) is 18.0 Å². The van der Waals surface area contributed by atoms with Gasteiger partial charge in [-0.15, -0.1) is 0 Å². The summed E-state index contributed by atoms with van der Waals surface area (Å²) >= 11 is 5.73. The molecule has 0 radical (unpaired) electrons. The number of likely N-dealkylation sites (tertiary alicyclic amines) is 1. The van der Waals surface area contributed by atoms with Gasteiger partial charge in [-0.1, -0.05) is 36.9 Å². The summed E-state index contributed by atoms with van der Waals surface area (Å²) in [4.78, 5) is 23.4. The number of benzene rings is 1. The van der Waals surface area contributed by atoms with Crippen molar-refractivity contribution in [2.45, 2.75) is 31.9 Å². The van der Waals surface area contributed by atoms with Gasteiger partial charge in [0.2, 0.25) is 11.8 Å². The number of alkyl halides is 3. The molecule has 0 saturated carbocycles. The first-order chi connectivity index (χ1) is 17.4. The predicted molar refractivity (Wildman–Crippen MR) is 138 cm³/mol. The molecule has 7 nitrogen and oxygen atoms in total. The fourth-order valence-corrected chi connectivity index (χ4v) is 4.37. The number of carbonyl (C=O) groups is 1. The molecule has 1 aliphatic heterocycles. The second-order valence-corrected chi connectivity index (χ2v) is 9.20. The Kier molecular flexibility index (Phi) is 8.98. The lowest BCUT2D eigenvalue weighted by Crippen LogP contribution is -2.29. The van der Waals surface area contributed by atoms with Gasteiger partial charge in [-0.3, -0.25) is 4.79 Å². The molecular formula is C26H29ClF3N5O2. The van der Waals surface area contributed by atoms with Crippen molar-refractivity contribution in [3.05, 3.63) is 76.6 Å². The number of nitrogens with one attached hydrogen (secondary N) is 2. The lowest BCUT2D eigenvalue weighted by molar-refractivity contribution is -0.0889. The Balaban J connectivity index is 1.81. The van der Waals surface area contributed by atoms with Crippen LogP contribution in [0, 0.1) is 6.92 Å². The van der Waals surface area contributed by atoms with E-state index in [2.05, 4.69) is 58.7 Å². The number of aryl methyl sites for hydroxylation is 1. The van der Waals surface area contributed by atoms with E-state index in [-0.39, 0.29) is 17.4 Å². The molecule has 1 aromatic carbocycles. The number of hydrogen-bond acceptors (Lipinski definition) is 6. The summed E-state index contributed by atoms with van der Waals surface area (Å²) in [6, 6.07) is 6.03. The predicted octanol–water partition coefficient (Wildman–Crippen LogP) is 5.83. The SMILES string of the molecule is C=C/C(=C(/NC(=O)c1cnc(Nc2ccc(C3CCN(C)CC3)c(C)c2)nc1OC)C(=C)Cl)C(F)(F)F. The van der Waals surface area contributed by atoms with Crippen molar-refractivity contribution in [3.8, 4) is 5.88 Å². The van der Waals surface area contributed by atoms with Gasteiger partial charge in [-0.25, -0.2) is 4.98 Å². The van der Waals surface area contributed by atoms with Crippen molar-refractivity contribution < 1.29 is 22.7 Å². The van der Waals surface area contributed by atoms with Crippen molar-refractivity contribution in [3.63, 3.8) is 0 Å². The normalized spacial score (nSPS) is 15.5. The second-order valence-electron chi connectivity index (χ2n) is 8.74. The van der Waals surface area contributed by atoms with E-state index in [0.717, 1.165) is 43.4 Å². The van der Waals surface area contributed by atoms with E-state index in [1.54, 1.807) is 0 Å². The molecule has 3 rings (SSSR count). The van der Waals surface area contributed by atoms with Gasteiger partial charge < -0.3 is 20.3 Å². The quantitative estimate of drug-likeness (QED) is 0.414. The molecule has 11 heteroatoms. The number of methoxy groups -OCH3 is 1. The number of anilines is 2. The minimum absolute atomic E-state index is 0.138. The third kappa shape index (κ3) is 6.90. The molecule has 2 heterocycles. The first kappa shape index (κ1) is 28.2. The van der Waals surface area contributed by atoms with Crippen LogP contribution in [0.25, 0.3) is 0 Å². The number of piperidine rings is 1. The van der Waals surface area contributed by atoms with Crippen LogP contribution in [0.15, 0.2) is 59.9 Å². The first-order valence-corrected chi connectivity index (χ1v) is 11.9. The zero-order chi connectivity index (χ0) is 27.3. The number of halogens is 4. The van der Waals surface area contributed by atoms with Crippen molar-refractivity contribution in [1.82, 2.24) is 20.2 Å². The van der Waals surface area contributed by atoms with Gasteiger partial charge in [0, 0.05) is 11.9 Å². The van der Waals surface area contributed by atoms with Crippen molar-refractivity contribution in [2.75, 3.05) is 32.6 Å². The minimum atomic E-state index is -4.81. The molecule has 0 aliphatic carbocycles. The van der Waals surface area contributed by atoms with Crippen molar-refractivity contribution in [2.24, 2.45) is 0 Å². The number of amides is 1. The van der Waals surface area contributed by atoms with Gasteiger partial charge in [0.25, 0.3) is 5.91 Å². The Hall–Kier alpha value is -3.37. The summed E-state index contributed by atoms with van der Waals surface area (Å²) in [5.74, 6) is -0.427. The molecule has 1 aromatic heterocycles. The molecule has 2 N–H and O–H groups in total. The van der Waals surface area contributed by atoms with Crippen LogP contribution in [0.1, 0.15) is 40.2 Å². The molecule has 198 valence electrons. The fraction of sp³-hybridized carbons (Fsp3) is 0.346. The van der Waals surface area contributed by atoms with E-state index in [4.69, 9.17) is 16.3 Å². The lowest BCUT2D eigenvalue weighted by atomic mass is 9.87. The summed E-state index contributed by atoms with van der Waals surface area (Å²) in [7, 11) is 3.41. The zero-order valence-corrected chi connectivity index (χ0v) is 21.6. The Morgan fingerprint density at radius 2 is 1.97 bits per heavy atom. The van der Waals surface area contributed by atoms with E-state index in [1.165, 1.54) is 12.7 Å². The minimum Gasteiger partial charge on any atom is -0.480 e. The smallest absolute Gasteiger partial charge is 0.418 e. The monoisotopic (exact) mass is 535 g/mol. The molecule has 0 spiro atoms. The molecule has 1 amide bonds. The number of ether oxygens (including phenoxy) is 1. The number of allylic oxidation sites excluding steroid dienone is 3. The van der Waals surface area contributed by atoms with Crippen molar-refractivity contribution in [1.29, 1.82) is 0 Å². The van der Waals surface area contributed by atoms with Gasteiger partial charge in [0.05, 0.1) is 23.4 Å². The summed E-state index contributed by atoms with van der Waals surface area (Å²) in [6.07, 6.45) is -0.890. The van der Waals surface area contributed by atoms with Gasteiger partial charge >= 0.3 is 6.18 Å². The standard InChI is InChI=1S/C26H29ClF3N5O2/c1-6-21(26(28,29)30)22(16(3)27)33-23(36)20-14-31-25(34-24(20)37-5)32-18-7-8-19(15(2)13-18)17-9-11-35(4)12-10-17/h6-8,13-14,17H,1,3,9-12H2,2,4-5H3,(H,33,36)(H,31,32,34)/b22-21-. The highest BCUT2D eigenvalue weighted by atomic mass is 35.5. The van der Waals surface area contributed by atoms with E-state index < -0.39 is 28.4 Å². The van der Waals surface area contributed by atoms with Gasteiger partial charge in [-0.05, 0) is 69.1 Å². The maximum absolute atomic E-state index is 13.3. The molecule has 0 bridgehead atoms. The van der Waals surface area contributed by atoms with Crippen LogP contribution < -0.4 is 15.4 Å². The van der Waals surface area contributed by atoms with Gasteiger partial charge in [0.1, 0.15) is 5.56 Å². The average Bonchev–Trinajstić information content (AvgIpc) is 2.83. The van der Waals surface area contributed by atoms with Crippen LogP contribution >= 0.6 is 11.6 Å². The average molecular weight is 536 g/mol. The summed E-state index contributed by atoms with van der Waals surface area (Å²) < 4.78 is 45.2. The zero-order valence-electron chi connectivity index (χ0n) is 20.9. The number of aromatic nitrogens is 2. The summed E-state index contributed by atoms with van der Waals surface area (Å²) in [5.41, 5.74) is 1.05. The van der Waals surface area contributed by atoms with Crippen LogP contribution in [-0.4, -0.2) is 54.2 Å². The summed E-state index contributed by atoms with van der Waals surface area (Å²) in [6.45, 7) is 10.6. The number of hydrogen-bond donors (Lipinski definition) is 2. The van der Waals surface area contributed by atoms with Crippen LogP contribution in [0.2, 0.25) is 0 Å². The number of rotatable bonds is 8. The highest BCUT2D eigenvalue weighted by Crippen LogP contribution is 2.33. The van der Waals surface area contributed by atoms with E-state index in [0.29, 0.717) is 12.0 Å². The molecule has 1 fully saturated rings. The number of nitrogens with zero attached hydrogens (tertiary/aromatic N) is 3. The molecule has 1 aliphatic rings. The van der Waals surface area contributed by atoms with Crippen LogP contribution in [0.4, 0.5) is 24.8 Å². The highest BCUT2D eigenvalue weighted by Gasteiger charge is 2.35. The molecule has 1 saturated heterocycles. The maximum atomic E-state index is 13.3. The third-order valence-corrected chi connectivity index (χ3v) is 6.35. The molecular weight excluding hydrogens is 507 g/mol. The molecule has 37 heavy (non-hydrogen) atoms. The molecule has 0 unspecified atom stereocenters. The second kappa shape index (κ2) is 11.8. The Labute approximate surface area is 219 Å². The molecule has 2 aromatic rings. The largest absolute Gasteiger partial charge is 0.480 e. The van der Waals surface area contributed by atoms with Gasteiger partial charge in [-0.2, -0.15) is 18.2 Å². The topological polar surface area (TPSA) is 79.4 Å². The van der Waals surface area contributed by atoms with Crippen LogP contribution in [0.3, 0.4) is 0 Å². The Morgan fingerprint density at radius 1 is 1.30 bits per heavy atom. The number of carbonyl (C=O) groups excluding carboxylic acids is 1. The van der Waals surface area contributed by atoms with Crippen molar-refractivity contribution >= 4 is 29.1 Å². The van der Waals surface area contributed by atoms with Gasteiger partial charge in [0.15, 0.2) is 0 Å². The Bertz CT molecular complexity index is 1220. The Morgan fingerprint density at radius 3 is 2.51 bits per heavy atom. The maximum Gasteiger partial charge on any atom is 0.418 e. The molecule has 0 atom stereocenters. The highest BCUT2D eigenvalue weighted by molar-refractivity contribution is 6.32. The lowest BCUT2D eigenvalue weighted by Gasteiger charge is -2.30. The van der Waals surface area contributed by atoms with E-state index >= 15 is 0 Å². The van der Waals surface area contributed by atoms with Crippen LogP contribution in [0.5, 0.6) is 5.88 Å². The van der Waals surface area contributed by atoms with Crippen LogP contribution in [-0.2, 0) is 0 Å². The summed E-state index contributed by atoms with van der Waals surface area (Å²) in [5, 5.41) is 4.68. The van der Waals surface area contributed by atoms with E-state index in [1.807, 2.05) is 12.1 Å². The third-order valence-electron chi connectivity index (χ3n) is 6.16. The first-order valence-electron chi connectivity index (χ1n) is 11.5.